The summed E-state index contributed by atoms with van der Waals surface area (Å²) in [4.78, 5) is 12.1. The number of amides is 1. The Morgan fingerprint density at radius 1 is 1.81 bits per heavy atom. The van der Waals surface area contributed by atoms with Gasteiger partial charge in [-0.2, -0.15) is 0 Å². The van der Waals surface area contributed by atoms with Gasteiger partial charge in [0.05, 0.1) is 18.6 Å². The number of terminal acetylenes is 1. The van der Waals surface area contributed by atoms with Crippen molar-refractivity contribution in [3.63, 3.8) is 0 Å². The lowest BCUT2D eigenvalue weighted by atomic mass is 9.84. The van der Waals surface area contributed by atoms with Crippen LogP contribution in [0, 0.1) is 17.8 Å². The highest BCUT2D eigenvalue weighted by Gasteiger charge is 2.44. The Morgan fingerprint density at radius 3 is 2.94 bits per heavy atom. The molecule has 1 heterocycles. The highest BCUT2D eigenvalue weighted by atomic mass is 16.5. The van der Waals surface area contributed by atoms with Crippen LogP contribution in [-0.2, 0) is 9.53 Å². The van der Waals surface area contributed by atoms with Crippen LogP contribution in [0.1, 0.15) is 26.7 Å². The van der Waals surface area contributed by atoms with Crippen molar-refractivity contribution in [1.82, 2.24) is 5.32 Å². The van der Waals surface area contributed by atoms with E-state index in [2.05, 4.69) is 11.2 Å². The predicted molar refractivity (Wildman–Crippen MR) is 62.6 cm³/mol. The summed E-state index contributed by atoms with van der Waals surface area (Å²) in [6, 6.07) is -0.210. The van der Waals surface area contributed by atoms with Gasteiger partial charge in [-0.1, -0.05) is 6.92 Å². The van der Waals surface area contributed by atoms with E-state index in [9.17, 15) is 4.79 Å². The lowest BCUT2D eigenvalue weighted by molar-refractivity contribution is -0.131. The molecule has 0 aromatic heterocycles. The number of hydrogen-bond donors (Lipinski definition) is 2. The third-order valence-corrected chi connectivity index (χ3v) is 3.23. The lowest BCUT2D eigenvalue weighted by Gasteiger charge is -2.27. The first kappa shape index (κ1) is 13.0. The topological polar surface area (TPSA) is 64.3 Å². The number of carbonyl (C=O) groups is 1. The molecule has 0 bridgehead atoms. The molecule has 4 heteroatoms. The van der Waals surface area contributed by atoms with Gasteiger partial charge in [0.25, 0.3) is 0 Å². The Morgan fingerprint density at radius 2 is 2.50 bits per heavy atom. The number of nitrogens with two attached hydrogens (primary N) is 1. The van der Waals surface area contributed by atoms with Gasteiger partial charge in [0.15, 0.2) is 0 Å². The second-order valence-electron chi connectivity index (χ2n) is 4.53. The molecule has 4 nitrogen and oxygen atoms in total. The Hall–Kier alpha value is -1.05. The molecule has 0 aliphatic carbocycles. The van der Waals surface area contributed by atoms with Gasteiger partial charge in [0.2, 0.25) is 5.91 Å². The zero-order valence-electron chi connectivity index (χ0n) is 9.95. The molecule has 90 valence electrons. The molecule has 3 atom stereocenters. The van der Waals surface area contributed by atoms with Crippen LogP contribution in [0.2, 0.25) is 0 Å². The van der Waals surface area contributed by atoms with Gasteiger partial charge in [0, 0.05) is 18.5 Å². The molecule has 1 aliphatic rings. The number of hydrogen-bond acceptors (Lipinski definition) is 3. The molecular weight excluding hydrogens is 204 g/mol. The number of ether oxygens (including phenoxy) is 1. The van der Waals surface area contributed by atoms with Crippen LogP contribution in [0.4, 0.5) is 0 Å². The molecule has 1 amide bonds. The molecule has 3 N–H and O–H groups in total. The van der Waals surface area contributed by atoms with Crippen LogP contribution in [-0.4, -0.2) is 31.2 Å². The quantitative estimate of drug-likeness (QED) is 0.674. The monoisotopic (exact) mass is 224 g/mol. The molecule has 0 aromatic carbocycles. The summed E-state index contributed by atoms with van der Waals surface area (Å²) in [6.45, 7) is 4.65. The first-order valence-electron chi connectivity index (χ1n) is 5.62. The van der Waals surface area contributed by atoms with E-state index in [4.69, 9.17) is 16.9 Å². The van der Waals surface area contributed by atoms with Gasteiger partial charge in [-0.3, -0.25) is 4.79 Å². The zero-order valence-corrected chi connectivity index (χ0v) is 9.95. The van der Waals surface area contributed by atoms with Crippen molar-refractivity contribution in [2.75, 3.05) is 13.2 Å². The first-order valence-corrected chi connectivity index (χ1v) is 5.62. The number of nitrogens with one attached hydrogen (secondary N) is 1. The fourth-order valence-corrected chi connectivity index (χ4v) is 1.71. The van der Waals surface area contributed by atoms with Crippen LogP contribution in [0.3, 0.4) is 0 Å². The first-order chi connectivity index (χ1) is 7.54. The third-order valence-electron chi connectivity index (χ3n) is 3.23. The van der Waals surface area contributed by atoms with E-state index in [0.717, 1.165) is 6.42 Å². The Labute approximate surface area is 96.9 Å². The molecule has 0 radical (unpaired) electrons. The summed E-state index contributed by atoms with van der Waals surface area (Å²) in [5.41, 5.74) is 5.26. The van der Waals surface area contributed by atoms with E-state index in [1.165, 1.54) is 0 Å². The second-order valence-corrected chi connectivity index (χ2v) is 4.53. The van der Waals surface area contributed by atoms with E-state index < -0.39 is 5.41 Å². The molecule has 16 heavy (non-hydrogen) atoms. The van der Waals surface area contributed by atoms with E-state index >= 15 is 0 Å². The summed E-state index contributed by atoms with van der Waals surface area (Å²) in [7, 11) is 0. The van der Waals surface area contributed by atoms with Crippen molar-refractivity contribution in [1.29, 1.82) is 0 Å². The van der Waals surface area contributed by atoms with Crippen LogP contribution in [0.5, 0.6) is 0 Å². The van der Waals surface area contributed by atoms with Gasteiger partial charge < -0.3 is 15.8 Å². The minimum atomic E-state index is -0.623. The average molecular weight is 224 g/mol. The fraction of sp³-hybridized carbons (Fsp3) is 0.750. The van der Waals surface area contributed by atoms with E-state index in [-0.39, 0.29) is 18.0 Å². The van der Waals surface area contributed by atoms with E-state index in [0.29, 0.717) is 19.6 Å². The maximum absolute atomic E-state index is 12.1. The molecule has 0 spiro atoms. The van der Waals surface area contributed by atoms with Gasteiger partial charge in [-0.15, -0.1) is 12.3 Å². The van der Waals surface area contributed by atoms with Crippen LogP contribution >= 0.6 is 0 Å². The Balaban J connectivity index is 2.60. The molecule has 0 aromatic rings. The van der Waals surface area contributed by atoms with Crippen LogP contribution in [0.25, 0.3) is 0 Å². The third kappa shape index (κ3) is 2.55. The van der Waals surface area contributed by atoms with Crippen molar-refractivity contribution in [3.05, 3.63) is 0 Å². The smallest absolute Gasteiger partial charge is 0.230 e. The summed E-state index contributed by atoms with van der Waals surface area (Å²) in [5.74, 6) is 2.51. The van der Waals surface area contributed by atoms with Crippen molar-refractivity contribution in [2.45, 2.75) is 38.8 Å². The van der Waals surface area contributed by atoms with Crippen LogP contribution < -0.4 is 11.1 Å². The summed E-state index contributed by atoms with van der Waals surface area (Å²) >= 11 is 0. The minimum absolute atomic E-state index is 0.0297. The standard InChI is InChI=1S/C12H20N2O2/c1-4-6-9(5-2)14-11(15)12(3)8-16-7-10(12)13/h1,9-10H,5-8,13H2,2-3H3,(H,14,15). The normalized spacial score (nSPS) is 30.8. The lowest BCUT2D eigenvalue weighted by Crippen LogP contribution is -2.52. The second kappa shape index (κ2) is 5.33. The van der Waals surface area contributed by atoms with Gasteiger partial charge >= 0.3 is 0 Å². The SMILES string of the molecule is C#CCC(CC)NC(=O)C1(C)COCC1N. The van der Waals surface area contributed by atoms with Crippen molar-refractivity contribution in [3.8, 4) is 12.3 Å². The summed E-state index contributed by atoms with van der Waals surface area (Å²) in [6.07, 6.45) is 6.62. The maximum atomic E-state index is 12.1. The average Bonchev–Trinajstić information content (AvgIpc) is 2.60. The molecular formula is C12H20N2O2. The highest BCUT2D eigenvalue weighted by Crippen LogP contribution is 2.27. The van der Waals surface area contributed by atoms with E-state index in [1.54, 1.807) is 0 Å². The number of rotatable bonds is 4. The molecule has 1 saturated heterocycles. The maximum Gasteiger partial charge on any atom is 0.230 e. The number of carbonyl (C=O) groups excluding carboxylic acids is 1. The van der Waals surface area contributed by atoms with E-state index in [1.807, 2.05) is 13.8 Å². The Kier molecular flexibility index (Phi) is 4.34. The highest BCUT2D eigenvalue weighted by molar-refractivity contribution is 5.83. The van der Waals surface area contributed by atoms with Gasteiger partial charge in [-0.05, 0) is 13.3 Å². The predicted octanol–water partition coefficient (Wildman–Crippen LogP) is 0.268. The Bertz CT molecular complexity index is 298. The van der Waals surface area contributed by atoms with Gasteiger partial charge in [0.1, 0.15) is 0 Å². The minimum Gasteiger partial charge on any atom is -0.379 e. The van der Waals surface area contributed by atoms with Crippen molar-refractivity contribution in [2.24, 2.45) is 11.1 Å². The summed E-state index contributed by atoms with van der Waals surface area (Å²) in [5, 5.41) is 2.94. The molecule has 1 rings (SSSR count). The van der Waals surface area contributed by atoms with Crippen molar-refractivity contribution < 1.29 is 9.53 Å². The molecule has 0 saturated carbocycles. The molecule has 1 aliphatic heterocycles. The molecule has 3 unspecified atom stereocenters. The zero-order chi connectivity index (χ0) is 12.2. The molecule has 1 fully saturated rings. The van der Waals surface area contributed by atoms with Gasteiger partial charge in [-0.25, -0.2) is 0 Å². The van der Waals surface area contributed by atoms with Crippen molar-refractivity contribution >= 4 is 5.91 Å². The summed E-state index contributed by atoms with van der Waals surface area (Å²) < 4.78 is 5.24. The van der Waals surface area contributed by atoms with Crippen LogP contribution in [0.15, 0.2) is 0 Å². The largest absolute Gasteiger partial charge is 0.379 e. The fourth-order valence-electron chi connectivity index (χ4n) is 1.71.